The van der Waals surface area contributed by atoms with E-state index in [1.54, 1.807) is 12.4 Å². The molecule has 18 heavy (non-hydrogen) atoms. The summed E-state index contributed by atoms with van der Waals surface area (Å²) in [5.41, 5.74) is 8.30. The Bertz CT molecular complexity index is 567. The maximum atomic E-state index is 5.72. The summed E-state index contributed by atoms with van der Waals surface area (Å²) in [6, 6.07) is 8.45. The molecule has 92 valence electrons. The Morgan fingerprint density at radius 1 is 1.28 bits per heavy atom. The van der Waals surface area contributed by atoms with Crippen LogP contribution in [0.1, 0.15) is 12.5 Å². The third kappa shape index (κ3) is 1.90. The van der Waals surface area contributed by atoms with Crippen LogP contribution in [-0.2, 0) is 6.42 Å². The number of aromatic nitrogens is 2. The highest BCUT2D eigenvalue weighted by atomic mass is 15.2. The van der Waals surface area contributed by atoms with Crippen molar-refractivity contribution in [1.29, 1.82) is 0 Å². The highest BCUT2D eigenvalue weighted by molar-refractivity contribution is 5.65. The summed E-state index contributed by atoms with van der Waals surface area (Å²) in [7, 11) is 0. The molecule has 1 aromatic heterocycles. The number of para-hydroxylation sites is 1. The van der Waals surface area contributed by atoms with Crippen molar-refractivity contribution in [3.63, 3.8) is 0 Å². The van der Waals surface area contributed by atoms with E-state index >= 15 is 0 Å². The summed E-state index contributed by atoms with van der Waals surface area (Å²) in [6.45, 7) is 3.21. The molecule has 0 fully saturated rings. The Labute approximate surface area is 106 Å². The van der Waals surface area contributed by atoms with Gasteiger partial charge in [-0.1, -0.05) is 25.1 Å². The predicted octanol–water partition coefficient (Wildman–Crippen LogP) is 2.39. The van der Waals surface area contributed by atoms with Gasteiger partial charge in [0, 0.05) is 12.2 Å². The van der Waals surface area contributed by atoms with E-state index in [-0.39, 0.29) is 0 Å². The minimum absolute atomic E-state index is 0.461. The van der Waals surface area contributed by atoms with Gasteiger partial charge in [-0.15, -0.1) is 0 Å². The quantitative estimate of drug-likeness (QED) is 0.831. The number of anilines is 3. The minimum atomic E-state index is 0.461. The topological polar surface area (TPSA) is 55.0 Å². The Kier molecular flexibility index (Phi) is 2.63. The van der Waals surface area contributed by atoms with Crippen LogP contribution in [0.3, 0.4) is 0 Å². The Morgan fingerprint density at radius 2 is 2.11 bits per heavy atom. The van der Waals surface area contributed by atoms with Crippen molar-refractivity contribution in [3.8, 4) is 0 Å². The van der Waals surface area contributed by atoms with Gasteiger partial charge in [-0.05, 0) is 24.0 Å². The Balaban J connectivity index is 2.07. The van der Waals surface area contributed by atoms with Crippen LogP contribution < -0.4 is 10.6 Å². The zero-order valence-corrected chi connectivity index (χ0v) is 10.4. The molecule has 0 saturated carbocycles. The number of nitrogens with two attached hydrogens (primary N) is 1. The van der Waals surface area contributed by atoms with Crippen LogP contribution in [0.15, 0.2) is 36.7 Å². The van der Waals surface area contributed by atoms with Crippen LogP contribution in [0.5, 0.6) is 0 Å². The molecule has 4 heteroatoms. The maximum Gasteiger partial charge on any atom is 0.153 e. The first-order valence-corrected chi connectivity index (χ1v) is 6.17. The summed E-state index contributed by atoms with van der Waals surface area (Å²) >= 11 is 0. The number of rotatable bonds is 1. The van der Waals surface area contributed by atoms with Gasteiger partial charge in [-0.3, -0.25) is 4.98 Å². The molecule has 1 aromatic carbocycles. The monoisotopic (exact) mass is 240 g/mol. The smallest absolute Gasteiger partial charge is 0.153 e. The summed E-state index contributed by atoms with van der Waals surface area (Å²) < 4.78 is 0. The van der Waals surface area contributed by atoms with Gasteiger partial charge in [0.15, 0.2) is 5.82 Å². The number of hydrogen-bond donors (Lipinski definition) is 1. The lowest BCUT2D eigenvalue weighted by atomic mass is 9.94. The standard InChI is InChI=1S/C14H16N4/c1-10-6-11-4-2-3-5-12(11)18(9-10)14-8-16-7-13(15)17-14/h2-5,7-8,10H,6,9H2,1H3,(H2,15,17). The summed E-state index contributed by atoms with van der Waals surface area (Å²) in [4.78, 5) is 10.7. The molecular formula is C14H16N4. The summed E-state index contributed by atoms with van der Waals surface area (Å²) in [5.74, 6) is 1.89. The first-order chi connectivity index (χ1) is 8.74. The van der Waals surface area contributed by atoms with Gasteiger partial charge in [0.25, 0.3) is 0 Å². The fraction of sp³-hybridized carbons (Fsp3) is 0.286. The molecule has 0 spiro atoms. The molecule has 2 heterocycles. The van der Waals surface area contributed by atoms with Crippen molar-refractivity contribution >= 4 is 17.3 Å². The van der Waals surface area contributed by atoms with Crippen LogP contribution in [0, 0.1) is 5.92 Å². The lowest BCUT2D eigenvalue weighted by molar-refractivity contribution is 0.560. The highest BCUT2D eigenvalue weighted by Gasteiger charge is 2.23. The van der Waals surface area contributed by atoms with Gasteiger partial charge in [-0.25, -0.2) is 4.98 Å². The molecule has 1 unspecified atom stereocenters. The highest BCUT2D eigenvalue weighted by Crippen LogP contribution is 2.34. The van der Waals surface area contributed by atoms with Crippen LogP contribution in [-0.4, -0.2) is 16.5 Å². The lowest BCUT2D eigenvalue weighted by Crippen LogP contribution is -2.31. The third-order valence-electron chi connectivity index (χ3n) is 3.26. The summed E-state index contributed by atoms with van der Waals surface area (Å²) in [5, 5.41) is 0. The molecule has 0 radical (unpaired) electrons. The largest absolute Gasteiger partial charge is 0.382 e. The van der Waals surface area contributed by atoms with Gasteiger partial charge >= 0.3 is 0 Å². The molecule has 1 aliphatic heterocycles. The van der Waals surface area contributed by atoms with E-state index in [0.29, 0.717) is 11.7 Å². The average molecular weight is 240 g/mol. The fourth-order valence-electron chi connectivity index (χ4n) is 2.51. The van der Waals surface area contributed by atoms with Crippen molar-refractivity contribution in [2.24, 2.45) is 5.92 Å². The molecule has 2 aromatic rings. The van der Waals surface area contributed by atoms with E-state index in [1.807, 2.05) is 0 Å². The second-order valence-corrected chi connectivity index (χ2v) is 4.85. The molecule has 2 N–H and O–H groups in total. The SMILES string of the molecule is CC1Cc2ccccc2N(c2cncc(N)n2)C1. The van der Waals surface area contributed by atoms with Crippen LogP contribution in [0.4, 0.5) is 17.3 Å². The first-order valence-electron chi connectivity index (χ1n) is 6.17. The zero-order chi connectivity index (χ0) is 12.5. The molecule has 0 aliphatic carbocycles. The molecule has 0 saturated heterocycles. The maximum absolute atomic E-state index is 5.72. The minimum Gasteiger partial charge on any atom is -0.382 e. The van der Waals surface area contributed by atoms with E-state index in [4.69, 9.17) is 5.73 Å². The second-order valence-electron chi connectivity index (χ2n) is 4.85. The van der Waals surface area contributed by atoms with Crippen LogP contribution >= 0.6 is 0 Å². The van der Waals surface area contributed by atoms with Crippen LogP contribution in [0.2, 0.25) is 0 Å². The van der Waals surface area contributed by atoms with Gasteiger partial charge < -0.3 is 10.6 Å². The zero-order valence-electron chi connectivity index (χ0n) is 10.4. The molecule has 1 atom stereocenters. The van der Waals surface area contributed by atoms with Crippen molar-refractivity contribution in [1.82, 2.24) is 9.97 Å². The molecule has 3 rings (SSSR count). The number of fused-ring (bicyclic) bond motifs is 1. The van der Waals surface area contributed by atoms with Crippen molar-refractivity contribution in [2.75, 3.05) is 17.2 Å². The van der Waals surface area contributed by atoms with Crippen molar-refractivity contribution < 1.29 is 0 Å². The Hall–Kier alpha value is -2.10. The molecule has 0 bridgehead atoms. The number of hydrogen-bond acceptors (Lipinski definition) is 4. The molecule has 1 aliphatic rings. The van der Waals surface area contributed by atoms with E-state index < -0.39 is 0 Å². The molecular weight excluding hydrogens is 224 g/mol. The van der Waals surface area contributed by atoms with Crippen molar-refractivity contribution in [3.05, 3.63) is 42.2 Å². The molecule has 0 amide bonds. The molecule has 4 nitrogen and oxygen atoms in total. The Morgan fingerprint density at radius 3 is 2.94 bits per heavy atom. The van der Waals surface area contributed by atoms with Gasteiger partial charge in [0.05, 0.1) is 12.4 Å². The van der Waals surface area contributed by atoms with E-state index in [2.05, 4.69) is 46.1 Å². The van der Waals surface area contributed by atoms with Crippen molar-refractivity contribution in [2.45, 2.75) is 13.3 Å². The van der Waals surface area contributed by atoms with Gasteiger partial charge in [0.1, 0.15) is 5.82 Å². The lowest BCUT2D eigenvalue weighted by Gasteiger charge is -2.33. The first kappa shape index (κ1) is 11.0. The fourth-order valence-corrected chi connectivity index (χ4v) is 2.51. The second kappa shape index (κ2) is 4.29. The predicted molar refractivity (Wildman–Crippen MR) is 72.8 cm³/mol. The third-order valence-corrected chi connectivity index (χ3v) is 3.26. The average Bonchev–Trinajstić information content (AvgIpc) is 2.37. The van der Waals surface area contributed by atoms with E-state index in [1.165, 1.54) is 11.3 Å². The normalized spacial score (nSPS) is 18.5. The van der Waals surface area contributed by atoms with Crippen LogP contribution in [0.25, 0.3) is 0 Å². The van der Waals surface area contributed by atoms with E-state index in [9.17, 15) is 0 Å². The summed E-state index contributed by atoms with van der Waals surface area (Å²) in [6.07, 6.45) is 4.45. The van der Waals surface area contributed by atoms with E-state index in [0.717, 1.165) is 18.8 Å². The van der Waals surface area contributed by atoms with Gasteiger partial charge in [0.2, 0.25) is 0 Å². The number of nitrogen functional groups attached to an aromatic ring is 1. The number of nitrogens with zero attached hydrogens (tertiary/aromatic N) is 3. The number of benzene rings is 1. The van der Waals surface area contributed by atoms with Gasteiger partial charge in [-0.2, -0.15) is 0 Å².